The molecule has 2 nitrogen and oxygen atoms in total. The van der Waals surface area contributed by atoms with Crippen LogP contribution in [0.5, 0.6) is 5.75 Å². The van der Waals surface area contributed by atoms with E-state index in [1.807, 2.05) is 0 Å². The van der Waals surface area contributed by atoms with Crippen molar-refractivity contribution in [3.8, 4) is 5.75 Å². The molecular formula is C13H19NO. The second-order valence-electron chi connectivity index (χ2n) is 4.69. The van der Waals surface area contributed by atoms with Crippen molar-refractivity contribution in [3.63, 3.8) is 0 Å². The molecule has 82 valence electrons. The maximum Gasteiger partial charge on any atom is 0.127 e. The van der Waals surface area contributed by atoms with Crippen molar-refractivity contribution in [1.82, 2.24) is 0 Å². The fourth-order valence-electron chi connectivity index (χ4n) is 2.27. The fraction of sp³-hybridized carbons (Fsp3) is 0.538. The van der Waals surface area contributed by atoms with Crippen molar-refractivity contribution < 1.29 is 4.74 Å². The van der Waals surface area contributed by atoms with Gasteiger partial charge in [-0.1, -0.05) is 13.0 Å². The molecule has 1 aliphatic rings. The first-order chi connectivity index (χ1) is 7.02. The number of ether oxygens (including phenoxy) is 1. The summed E-state index contributed by atoms with van der Waals surface area (Å²) in [5, 5.41) is 0. The average Bonchev–Trinajstić information content (AvgIpc) is 2.18. The van der Waals surface area contributed by atoms with Crippen LogP contribution in [0, 0.1) is 26.7 Å². The first-order valence-corrected chi connectivity index (χ1v) is 5.51. The van der Waals surface area contributed by atoms with Gasteiger partial charge in [0, 0.05) is 17.5 Å². The van der Waals surface area contributed by atoms with Gasteiger partial charge in [0.05, 0.1) is 6.61 Å². The zero-order chi connectivity index (χ0) is 11.2. The summed E-state index contributed by atoms with van der Waals surface area (Å²) >= 11 is 0. The molecule has 2 unspecified atom stereocenters. The van der Waals surface area contributed by atoms with Gasteiger partial charge in [-0.2, -0.15) is 0 Å². The Bertz CT molecular complexity index is 398. The zero-order valence-corrected chi connectivity index (χ0v) is 9.92. The van der Waals surface area contributed by atoms with Crippen molar-refractivity contribution in [2.24, 2.45) is 11.7 Å². The minimum atomic E-state index is 0.119. The van der Waals surface area contributed by atoms with Crippen molar-refractivity contribution in [3.05, 3.63) is 28.3 Å². The quantitative estimate of drug-likeness (QED) is 0.706. The van der Waals surface area contributed by atoms with Gasteiger partial charge in [0.25, 0.3) is 0 Å². The molecule has 1 aromatic rings. The molecule has 0 bridgehead atoms. The minimum absolute atomic E-state index is 0.119. The fourth-order valence-corrected chi connectivity index (χ4v) is 2.27. The van der Waals surface area contributed by atoms with Crippen molar-refractivity contribution >= 4 is 0 Å². The molecule has 2 N–H and O–H groups in total. The average molecular weight is 205 g/mol. The maximum atomic E-state index is 6.23. The van der Waals surface area contributed by atoms with Crippen LogP contribution in [0.15, 0.2) is 6.07 Å². The van der Waals surface area contributed by atoms with Gasteiger partial charge in [-0.25, -0.2) is 0 Å². The van der Waals surface area contributed by atoms with Crippen LogP contribution in [0.25, 0.3) is 0 Å². The Hall–Kier alpha value is -1.02. The van der Waals surface area contributed by atoms with Gasteiger partial charge in [-0.15, -0.1) is 0 Å². The minimum Gasteiger partial charge on any atom is -0.493 e. The standard InChI is InChI=1S/C13H19NO/c1-7-5-8(2)11-12(14)9(3)6-15-13(11)10(7)4/h5,9,12H,6,14H2,1-4H3. The number of benzene rings is 1. The van der Waals surface area contributed by atoms with E-state index in [9.17, 15) is 0 Å². The van der Waals surface area contributed by atoms with Crippen molar-refractivity contribution in [2.75, 3.05) is 6.61 Å². The van der Waals surface area contributed by atoms with Crippen LogP contribution in [0.3, 0.4) is 0 Å². The summed E-state index contributed by atoms with van der Waals surface area (Å²) in [6, 6.07) is 2.32. The molecule has 2 atom stereocenters. The highest BCUT2D eigenvalue weighted by atomic mass is 16.5. The summed E-state index contributed by atoms with van der Waals surface area (Å²) in [7, 11) is 0. The van der Waals surface area contributed by atoms with Crippen LogP contribution in [0.2, 0.25) is 0 Å². The van der Waals surface area contributed by atoms with Gasteiger partial charge in [-0.3, -0.25) is 0 Å². The van der Waals surface area contributed by atoms with E-state index in [-0.39, 0.29) is 6.04 Å². The van der Waals surface area contributed by atoms with E-state index in [4.69, 9.17) is 10.5 Å². The predicted molar refractivity (Wildman–Crippen MR) is 62.2 cm³/mol. The van der Waals surface area contributed by atoms with E-state index in [1.165, 1.54) is 22.3 Å². The largest absolute Gasteiger partial charge is 0.493 e. The molecular weight excluding hydrogens is 186 g/mol. The molecule has 15 heavy (non-hydrogen) atoms. The van der Waals surface area contributed by atoms with Crippen LogP contribution in [0.4, 0.5) is 0 Å². The lowest BCUT2D eigenvalue weighted by atomic mass is 9.87. The maximum absolute atomic E-state index is 6.23. The second kappa shape index (κ2) is 3.53. The Morgan fingerprint density at radius 1 is 1.27 bits per heavy atom. The van der Waals surface area contributed by atoms with E-state index in [2.05, 4.69) is 33.8 Å². The van der Waals surface area contributed by atoms with E-state index in [0.717, 1.165) is 12.4 Å². The predicted octanol–water partition coefficient (Wildman–Crippen LogP) is 2.64. The first kappa shape index (κ1) is 10.5. The monoisotopic (exact) mass is 205 g/mol. The summed E-state index contributed by atoms with van der Waals surface area (Å²) in [5.41, 5.74) is 11.2. The molecule has 2 heteroatoms. The summed E-state index contributed by atoms with van der Waals surface area (Å²) < 4.78 is 5.82. The van der Waals surface area contributed by atoms with E-state index >= 15 is 0 Å². The third-order valence-electron chi connectivity index (χ3n) is 3.47. The summed E-state index contributed by atoms with van der Waals surface area (Å²) in [6.45, 7) is 9.22. The van der Waals surface area contributed by atoms with Crippen molar-refractivity contribution in [1.29, 1.82) is 0 Å². The van der Waals surface area contributed by atoms with Crippen LogP contribution < -0.4 is 10.5 Å². The van der Waals surface area contributed by atoms with Gasteiger partial charge in [0.1, 0.15) is 5.75 Å². The highest BCUT2D eigenvalue weighted by Crippen LogP contribution is 2.39. The van der Waals surface area contributed by atoms with E-state index < -0.39 is 0 Å². The van der Waals surface area contributed by atoms with Gasteiger partial charge in [0.15, 0.2) is 0 Å². The molecule has 0 spiro atoms. The second-order valence-corrected chi connectivity index (χ2v) is 4.69. The number of hydrogen-bond donors (Lipinski definition) is 1. The number of aryl methyl sites for hydroxylation is 2. The van der Waals surface area contributed by atoms with Crippen LogP contribution in [0.1, 0.15) is 35.2 Å². The van der Waals surface area contributed by atoms with Crippen molar-refractivity contribution in [2.45, 2.75) is 33.7 Å². The lowest BCUT2D eigenvalue weighted by Gasteiger charge is -2.32. The van der Waals surface area contributed by atoms with Crippen LogP contribution >= 0.6 is 0 Å². The van der Waals surface area contributed by atoms with Crippen LogP contribution in [-0.2, 0) is 0 Å². The number of hydrogen-bond acceptors (Lipinski definition) is 2. The molecule has 0 fully saturated rings. The highest BCUT2D eigenvalue weighted by Gasteiger charge is 2.28. The number of rotatable bonds is 0. The molecule has 1 heterocycles. The molecule has 1 aromatic carbocycles. The molecule has 0 radical (unpaired) electrons. The number of nitrogens with two attached hydrogens (primary N) is 1. The third kappa shape index (κ3) is 1.53. The van der Waals surface area contributed by atoms with E-state index in [0.29, 0.717) is 5.92 Å². The zero-order valence-electron chi connectivity index (χ0n) is 9.92. The Morgan fingerprint density at radius 3 is 2.60 bits per heavy atom. The molecule has 0 saturated heterocycles. The SMILES string of the molecule is Cc1cc(C)c2c(c1C)OCC(C)C2N. The molecule has 0 aromatic heterocycles. The lowest BCUT2D eigenvalue weighted by Crippen LogP contribution is -2.30. The molecule has 0 aliphatic carbocycles. The van der Waals surface area contributed by atoms with Gasteiger partial charge >= 0.3 is 0 Å². The number of fused-ring (bicyclic) bond motifs is 1. The first-order valence-electron chi connectivity index (χ1n) is 5.51. The Morgan fingerprint density at radius 2 is 1.93 bits per heavy atom. The summed E-state index contributed by atoms with van der Waals surface area (Å²) in [4.78, 5) is 0. The lowest BCUT2D eigenvalue weighted by molar-refractivity contribution is 0.205. The summed E-state index contributed by atoms with van der Waals surface area (Å²) in [6.07, 6.45) is 0. The molecule has 2 rings (SSSR count). The van der Waals surface area contributed by atoms with E-state index in [1.54, 1.807) is 0 Å². The highest BCUT2D eigenvalue weighted by molar-refractivity contribution is 5.52. The van der Waals surface area contributed by atoms with Gasteiger partial charge in [0.2, 0.25) is 0 Å². The Kier molecular flexibility index (Phi) is 2.47. The topological polar surface area (TPSA) is 35.2 Å². The van der Waals surface area contributed by atoms with Gasteiger partial charge in [-0.05, 0) is 37.5 Å². The normalized spacial score (nSPS) is 24.6. The Labute approximate surface area is 91.4 Å². The van der Waals surface area contributed by atoms with Gasteiger partial charge < -0.3 is 10.5 Å². The molecule has 1 aliphatic heterocycles. The third-order valence-corrected chi connectivity index (χ3v) is 3.47. The molecule has 0 amide bonds. The van der Waals surface area contributed by atoms with Crippen LogP contribution in [-0.4, -0.2) is 6.61 Å². The molecule has 0 saturated carbocycles. The Balaban J connectivity index is 2.64. The smallest absolute Gasteiger partial charge is 0.127 e. The summed E-state index contributed by atoms with van der Waals surface area (Å²) in [5.74, 6) is 1.43.